The van der Waals surface area contributed by atoms with Crippen LogP contribution in [0.2, 0.25) is 0 Å². The molecular formula is C26H30N2O4. The lowest BCUT2D eigenvalue weighted by molar-refractivity contribution is -0.139. The standard InChI is InChI=1S/C26H30N2O4/c1-19(9-5-7-16-29)26(32)22-12-2-3-13-23(22)28(25(26)31)18-20-10-8-11-21(17-20)27-15-6-4-14-24(27)30/h2-3,5,8-13,17,19,29,32H,4,6-7,14-16,18H2,1H3/b9-5+/t19-,26+/m0/s1. The molecule has 1 saturated heterocycles. The maximum atomic E-state index is 13.5. The molecule has 6 nitrogen and oxygen atoms in total. The van der Waals surface area contributed by atoms with Gasteiger partial charge >= 0.3 is 0 Å². The van der Waals surface area contributed by atoms with Crippen LogP contribution < -0.4 is 9.80 Å². The third kappa shape index (κ3) is 3.96. The van der Waals surface area contributed by atoms with E-state index in [1.807, 2.05) is 54.3 Å². The smallest absolute Gasteiger partial charge is 0.264 e. The van der Waals surface area contributed by atoms with Crippen molar-refractivity contribution in [2.24, 2.45) is 5.92 Å². The zero-order chi connectivity index (χ0) is 22.7. The van der Waals surface area contributed by atoms with E-state index >= 15 is 0 Å². The van der Waals surface area contributed by atoms with E-state index in [2.05, 4.69) is 0 Å². The van der Waals surface area contributed by atoms with Gasteiger partial charge in [0.25, 0.3) is 5.91 Å². The van der Waals surface area contributed by atoms with Gasteiger partial charge in [0, 0.05) is 36.7 Å². The fourth-order valence-corrected chi connectivity index (χ4v) is 4.66. The van der Waals surface area contributed by atoms with Crippen LogP contribution in [0, 0.1) is 5.92 Å². The van der Waals surface area contributed by atoms with Gasteiger partial charge < -0.3 is 20.0 Å². The molecule has 0 saturated carbocycles. The van der Waals surface area contributed by atoms with Crippen molar-refractivity contribution in [3.63, 3.8) is 0 Å². The van der Waals surface area contributed by atoms with Crippen LogP contribution in [0.15, 0.2) is 60.7 Å². The zero-order valence-corrected chi connectivity index (χ0v) is 18.4. The molecule has 2 aliphatic rings. The summed E-state index contributed by atoms with van der Waals surface area (Å²) in [5.74, 6) is -0.682. The summed E-state index contributed by atoms with van der Waals surface area (Å²) in [6, 6.07) is 15.1. The van der Waals surface area contributed by atoms with Crippen molar-refractivity contribution in [2.75, 3.05) is 23.0 Å². The maximum absolute atomic E-state index is 13.5. The summed E-state index contributed by atoms with van der Waals surface area (Å²) >= 11 is 0. The van der Waals surface area contributed by atoms with E-state index < -0.39 is 11.5 Å². The van der Waals surface area contributed by atoms with Gasteiger partial charge in [0.2, 0.25) is 5.91 Å². The SMILES string of the molecule is C[C@@H](/C=C/CCO)[C@]1(O)C(=O)N(Cc2cccc(N3CCCCC3=O)c2)c2ccccc21. The molecule has 4 rings (SSSR count). The van der Waals surface area contributed by atoms with E-state index in [1.165, 1.54) is 0 Å². The van der Waals surface area contributed by atoms with Crippen LogP contribution in [0.25, 0.3) is 0 Å². The highest BCUT2D eigenvalue weighted by Crippen LogP contribution is 2.45. The Morgan fingerprint density at radius 2 is 1.94 bits per heavy atom. The number of rotatable bonds is 7. The monoisotopic (exact) mass is 434 g/mol. The number of carbonyl (C=O) groups excluding carboxylic acids is 2. The second-order valence-electron chi connectivity index (χ2n) is 8.58. The molecule has 0 radical (unpaired) electrons. The Morgan fingerprint density at radius 1 is 1.12 bits per heavy atom. The van der Waals surface area contributed by atoms with Gasteiger partial charge in [-0.1, -0.05) is 49.4 Å². The molecule has 32 heavy (non-hydrogen) atoms. The Labute approximate surface area is 188 Å². The number of carbonyl (C=O) groups is 2. The Kier molecular flexibility index (Phi) is 6.44. The van der Waals surface area contributed by atoms with Crippen LogP contribution in [0.3, 0.4) is 0 Å². The molecule has 2 aliphatic heterocycles. The van der Waals surface area contributed by atoms with Crippen molar-refractivity contribution in [3.8, 4) is 0 Å². The van der Waals surface area contributed by atoms with Crippen LogP contribution >= 0.6 is 0 Å². The number of piperidine rings is 1. The number of para-hydroxylation sites is 1. The third-order valence-electron chi connectivity index (χ3n) is 6.44. The average molecular weight is 435 g/mol. The summed E-state index contributed by atoms with van der Waals surface area (Å²) < 4.78 is 0. The predicted octanol–water partition coefficient (Wildman–Crippen LogP) is 3.51. The number of anilines is 2. The largest absolute Gasteiger partial charge is 0.396 e. The number of amides is 2. The van der Waals surface area contributed by atoms with Crippen LogP contribution in [-0.4, -0.2) is 35.2 Å². The van der Waals surface area contributed by atoms with Crippen molar-refractivity contribution < 1.29 is 19.8 Å². The maximum Gasteiger partial charge on any atom is 0.264 e. The molecule has 0 spiro atoms. The van der Waals surface area contributed by atoms with Crippen molar-refractivity contribution in [3.05, 3.63) is 71.8 Å². The van der Waals surface area contributed by atoms with E-state index in [4.69, 9.17) is 5.11 Å². The van der Waals surface area contributed by atoms with E-state index in [0.717, 1.165) is 24.1 Å². The molecule has 2 atom stereocenters. The molecule has 2 amide bonds. The van der Waals surface area contributed by atoms with Crippen LogP contribution in [0.5, 0.6) is 0 Å². The topological polar surface area (TPSA) is 81.1 Å². The molecule has 0 aliphatic carbocycles. The highest BCUT2D eigenvalue weighted by molar-refractivity contribution is 6.07. The molecule has 6 heteroatoms. The first-order valence-corrected chi connectivity index (χ1v) is 11.3. The molecule has 0 bridgehead atoms. The Hall–Kier alpha value is -2.96. The lowest BCUT2D eigenvalue weighted by Gasteiger charge is -2.28. The first kappa shape index (κ1) is 22.2. The highest BCUT2D eigenvalue weighted by atomic mass is 16.3. The van der Waals surface area contributed by atoms with Gasteiger partial charge in [-0.25, -0.2) is 0 Å². The van der Waals surface area contributed by atoms with Gasteiger partial charge in [0.05, 0.1) is 12.2 Å². The average Bonchev–Trinajstić information content (AvgIpc) is 3.02. The molecule has 0 unspecified atom stereocenters. The summed E-state index contributed by atoms with van der Waals surface area (Å²) in [7, 11) is 0. The Bertz CT molecular complexity index is 1030. The second-order valence-corrected chi connectivity index (χ2v) is 8.58. The number of nitrogens with zero attached hydrogens (tertiary/aromatic N) is 2. The van der Waals surface area contributed by atoms with Crippen LogP contribution in [0.4, 0.5) is 11.4 Å². The minimum atomic E-state index is -1.66. The predicted molar refractivity (Wildman–Crippen MR) is 124 cm³/mol. The summed E-state index contributed by atoms with van der Waals surface area (Å²) in [6.45, 7) is 2.86. The van der Waals surface area contributed by atoms with Crippen molar-refractivity contribution in [2.45, 2.75) is 44.8 Å². The van der Waals surface area contributed by atoms with Gasteiger partial charge in [-0.05, 0) is 43.0 Å². The number of hydrogen-bond acceptors (Lipinski definition) is 4. The first-order chi connectivity index (χ1) is 15.5. The second kappa shape index (κ2) is 9.27. The van der Waals surface area contributed by atoms with Crippen molar-refractivity contribution >= 4 is 23.2 Å². The highest BCUT2D eigenvalue weighted by Gasteiger charge is 2.52. The van der Waals surface area contributed by atoms with Crippen molar-refractivity contribution in [1.29, 1.82) is 0 Å². The molecule has 2 N–H and O–H groups in total. The van der Waals surface area contributed by atoms with E-state index in [-0.39, 0.29) is 18.4 Å². The van der Waals surface area contributed by atoms with Gasteiger partial charge in [-0.15, -0.1) is 0 Å². The normalized spacial score (nSPS) is 22.0. The van der Waals surface area contributed by atoms with E-state index in [1.54, 1.807) is 23.1 Å². The lowest BCUT2D eigenvalue weighted by atomic mass is 9.83. The van der Waals surface area contributed by atoms with Crippen LogP contribution in [-0.2, 0) is 21.7 Å². The summed E-state index contributed by atoms with van der Waals surface area (Å²) in [5, 5.41) is 20.6. The minimum Gasteiger partial charge on any atom is -0.396 e. The molecule has 1 fully saturated rings. The van der Waals surface area contributed by atoms with Crippen molar-refractivity contribution in [1.82, 2.24) is 0 Å². The molecule has 0 aromatic heterocycles. The quantitative estimate of drug-likeness (QED) is 0.654. The molecule has 2 aromatic rings. The van der Waals surface area contributed by atoms with E-state index in [9.17, 15) is 14.7 Å². The van der Waals surface area contributed by atoms with E-state index in [0.29, 0.717) is 37.2 Å². The zero-order valence-electron chi connectivity index (χ0n) is 18.4. The van der Waals surface area contributed by atoms with Crippen LogP contribution in [0.1, 0.15) is 43.7 Å². The fraction of sp³-hybridized carbons (Fsp3) is 0.385. The Balaban J connectivity index is 1.63. The number of fused-ring (bicyclic) bond motifs is 1. The third-order valence-corrected chi connectivity index (χ3v) is 6.44. The number of aliphatic hydroxyl groups is 2. The Morgan fingerprint density at radius 3 is 2.72 bits per heavy atom. The number of benzene rings is 2. The molecule has 2 heterocycles. The summed E-state index contributed by atoms with van der Waals surface area (Å²) in [6.07, 6.45) is 6.54. The van der Waals surface area contributed by atoms with Gasteiger partial charge in [-0.3, -0.25) is 9.59 Å². The summed E-state index contributed by atoms with van der Waals surface area (Å²) in [5.41, 5.74) is 1.37. The lowest BCUT2D eigenvalue weighted by Crippen LogP contribution is -2.44. The molecular weight excluding hydrogens is 404 g/mol. The molecule has 168 valence electrons. The number of aliphatic hydroxyl groups excluding tert-OH is 1. The summed E-state index contributed by atoms with van der Waals surface area (Å²) in [4.78, 5) is 29.3. The van der Waals surface area contributed by atoms with Gasteiger partial charge in [-0.2, -0.15) is 0 Å². The van der Waals surface area contributed by atoms with Gasteiger partial charge in [0.1, 0.15) is 0 Å². The number of hydrogen-bond donors (Lipinski definition) is 2. The minimum absolute atomic E-state index is 0.0220. The molecule has 2 aromatic carbocycles. The van der Waals surface area contributed by atoms with Gasteiger partial charge in [0.15, 0.2) is 5.60 Å². The fourth-order valence-electron chi connectivity index (χ4n) is 4.66. The first-order valence-electron chi connectivity index (χ1n) is 11.3.